The molecule has 0 aliphatic rings. The van der Waals surface area contributed by atoms with Crippen LogP contribution in [0.4, 0.5) is 0 Å². The summed E-state index contributed by atoms with van der Waals surface area (Å²) >= 11 is 0. The normalized spacial score (nSPS) is 14.2. The van der Waals surface area contributed by atoms with Gasteiger partial charge >= 0.3 is 0 Å². The van der Waals surface area contributed by atoms with Gasteiger partial charge in [-0.1, -0.05) is 27.7 Å². The summed E-state index contributed by atoms with van der Waals surface area (Å²) in [7, 11) is 0. The van der Waals surface area contributed by atoms with Gasteiger partial charge in [-0.25, -0.2) is 4.98 Å². The molecular weight excluding hydrogens is 248 g/mol. The molecule has 1 atom stereocenters. The molecule has 0 aliphatic carbocycles. The number of hydrogen-bond donors (Lipinski definition) is 1. The molecular formula is C16H28N4. The fourth-order valence-electron chi connectivity index (χ4n) is 2.49. The van der Waals surface area contributed by atoms with Crippen molar-refractivity contribution in [3.8, 4) is 6.07 Å². The largest absolute Gasteiger partial charge is 0.335 e. The fraction of sp³-hybridized carbons (Fsp3) is 0.750. The van der Waals surface area contributed by atoms with Gasteiger partial charge in [-0.05, 0) is 32.2 Å². The monoisotopic (exact) mass is 276 g/mol. The first-order valence-corrected chi connectivity index (χ1v) is 7.76. The second kappa shape index (κ2) is 8.06. The predicted molar refractivity (Wildman–Crippen MR) is 82.5 cm³/mol. The van der Waals surface area contributed by atoms with E-state index in [1.54, 1.807) is 0 Å². The van der Waals surface area contributed by atoms with Gasteiger partial charge in [-0.15, -0.1) is 0 Å². The summed E-state index contributed by atoms with van der Waals surface area (Å²) in [5.74, 6) is 1.57. The lowest BCUT2D eigenvalue weighted by Crippen LogP contribution is -2.43. The van der Waals surface area contributed by atoms with Crippen LogP contribution in [0.15, 0.2) is 12.4 Å². The number of nitrogens with zero attached hydrogens (tertiary/aromatic N) is 3. The molecule has 0 bridgehead atoms. The van der Waals surface area contributed by atoms with Crippen molar-refractivity contribution in [1.29, 1.82) is 5.26 Å². The Hall–Kier alpha value is -1.34. The SMILES string of the molecule is CCCNC(C#N)(CC)CCCn1ccnc1C(C)C. The number of aryl methyl sites for hydroxylation is 1. The van der Waals surface area contributed by atoms with Gasteiger partial charge in [0.25, 0.3) is 0 Å². The van der Waals surface area contributed by atoms with Crippen LogP contribution in [0.1, 0.15) is 65.1 Å². The van der Waals surface area contributed by atoms with Crippen LogP contribution in [0.3, 0.4) is 0 Å². The highest BCUT2D eigenvalue weighted by molar-refractivity contribution is 5.06. The third kappa shape index (κ3) is 4.35. The van der Waals surface area contributed by atoms with Crippen molar-refractivity contribution in [2.75, 3.05) is 6.54 Å². The molecule has 0 saturated heterocycles. The molecule has 112 valence electrons. The van der Waals surface area contributed by atoms with Gasteiger partial charge in [0.2, 0.25) is 0 Å². The molecule has 1 rings (SSSR count). The van der Waals surface area contributed by atoms with Crippen LogP contribution >= 0.6 is 0 Å². The highest BCUT2D eigenvalue weighted by Crippen LogP contribution is 2.19. The minimum absolute atomic E-state index is 0.366. The summed E-state index contributed by atoms with van der Waals surface area (Å²) < 4.78 is 2.21. The van der Waals surface area contributed by atoms with Crippen molar-refractivity contribution in [2.24, 2.45) is 0 Å². The molecule has 0 radical (unpaired) electrons. The Bertz CT molecular complexity index is 430. The van der Waals surface area contributed by atoms with Crippen LogP contribution in [0, 0.1) is 11.3 Å². The highest BCUT2D eigenvalue weighted by atomic mass is 15.1. The lowest BCUT2D eigenvalue weighted by Gasteiger charge is -2.26. The molecule has 0 fully saturated rings. The lowest BCUT2D eigenvalue weighted by atomic mass is 9.91. The van der Waals surface area contributed by atoms with Crippen molar-refractivity contribution in [2.45, 2.75) is 71.4 Å². The maximum Gasteiger partial charge on any atom is 0.111 e. The lowest BCUT2D eigenvalue weighted by molar-refractivity contribution is 0.354. The first-order chi connectivity index (χ1) is 9.58. The van der Waals surface area contributed by atoms with Crippen LogP contribution in [0.5, 0.6) is 0 Å². The van der Waals surface area contributed by atoms with Crippen LogP contribution in [0.25, 0.3) is 0 Å². The van der Waals surface area contributed by atoms with E-state index >= 15 is 0 Å². The standard InChI is InChI=1S/C16H28N4/c1-5-9-19-16(6-2,13-17)8-7-11-20-12-10-18-15(20)14(3)4/h10,12,14,19H,5-9,11H2,1-4H3. The minimum atomic E-state index is -0.366. The van der Waals surface area contributed by atoms with E-state index in [1.807, 2.05) is 12.4 Å². The van der Waals surface area contributed by atoms with E-state index < -0.39 is 0 Å². The van der Waals surface area contributed by atoms with Gasteiger partial charge in [0.1, 0.15) is 11.4 Å². The average molecular weight is 276 g/mol. The van der Waals surface area contributed by atoms with E-state index in [0.29, 0.717) is 5.92 Å². The number of aromatic nitrogens is 2. The summed E-state index contributed by atoms with van der Waals surface area (Å²) in [6.45, 7) is 10.4. The van der Waals surface area contributed by atoms with Crippen LogP contribution in [-0.2, 0) is 6.54 Å². The predicted octanol–water partition coefficient (Wildman–Crippen LogP) is 3.46. The summed E-state index contributed by atoms with van der Waals surface area (Å²) in [6, 6.07) is 2.48. The Morgan fingerprint density at radius 1 is 1.45 bits per heavy atom. The molecule has 0 spiro atoms. The fourth-order valence-corrected chi connectivity index (χ4v) is 2.49. The van der Waals surface area contributed by atoms with E-state index in [9.17, 15) is 5.26 Å². The highest BCUT2D eigenvalue weighted by Gasteiger charge is 2.26. The van der Waals surface area contributed by atoms with Gasteiger partial charge in [-0.2, -0.15) is 5.26 Å². The zero-order valence-electron chi connectivity index (χ0n) is 13.3. The molecule has 0 saturated carbocycles. The number of nitriles is 1. The Labute approximate surface area is 123 Å². The number of hydrogen-bond acceptors (Lipinski definition) is 3. The third-order valence-electron chi connectivity index (χ3n) is 3.80. The van der Waals surface area contributed by atoms with Crippen molar-refractivity contribution >= 4 is 0 Å². The maximum atomic E-state index is 9.47. The smallest absolute Gasteiger partial charge is 0.111 e. The molecule has 0 amide bonds. The summed E-state index contributed by atoms with van der Waals surface area (Å²) in [4.78, 5) is 4.40. The van der Waals surface area contributed by atoms with E-state index in [4.69, 9.17) is 0 Å². The van der Waals surface area contributed by atoms with E-state index in [0.717, 1.165) is 44.6 Å². The van der Waals surface area contributed by atoms with Gasteiger partial charge < -0.3 is 4.57 Å². The summed E-state index contributed by atoms with van der Waals surface area (Å²) in [5, 5.41) is 12.9. The first kappa shape index (κ1) is 16.7. The third-order valence-corrected chi connectivity index (χ3v) is 3.80. The molecule has 1 unspecified atom stereocenters. The quantitative estimate of drug-likeness (QED) is 0.751. The van der Waals surface area contributed by atoms with Crippen molar-refractivity contribution < 1.29 is 0 Å². The zero-order valence-corrected chi connectivity index (χ0v) is 13.3. The molecule has 1 aromatic heterocycles. The number of rotatable bonds is 9. The van der Waals surface area contributed by atoms with Crippen molar-refractivity contribution in [3.05, 3.63) is 18.2 Å². The molecule has 0 aliphatic heterocycles. The topological polar surface area (TPSA) is 53.6 Å². The first-order valence-electron chi connectivity index (χ1n) is 7.76. The maximum absolute atomic E-state index is 9.47. The van der Waals surface area contributed by atoms with Crippen molar-refractivity contribution in [3.63, 3.8) is 0 Å². The molecule has 0 aromatic carbocycles. The van der Waals surface area contributed by atoms with Crippen LogP contribution in [0.2, 0.25) is 0 Å². The summed E-state index contributed by atoms with van der Waals surface area (Å²) in [6.07, 6.45) is 7.69. The van der Waals surface area contributed by atoms with E-state index in [-0.39, 0.29) is 5.54 Å². The molecule has 1 aromatic rings. The molecule has 1 heterocycles. The second-order valence-corrected chi connectivity index (χ2v) is 5.71. The van der Waals surface area contributed by atoms with Gasteiger partial charge in [0.15, 0.2) is 0 Å². The van der Waals surface area contributed by atoms with Crippen LogP contribution < -0.4 is 5.32 Å². The number of nitrogens with one attached hydrogen (secondary N) is 1. The average Bonchev–Trinajstić information content (AvgIpc) is 2.91. The zero-order chi connectivity index (χ0) is 15.0. The Kier molecular flexibility index (Phi) is 6.74. The Morgan fingerprint density at radius 3 is 2.75 bits per heavy atom. The number of imidazole rings is 1. The second-order valence-electron chi connectivity index (χ2n) is 5.71. The molecule has 1 N–H and O–H groups in total. The van der Waals surface area contributed by atoms with Crippen molar-refractivity contribution in [1.82, 2.24) is 14.9 Å². The van der Waals surface area contributed by atoms with Gasteiger partial charge in [0.05, 0.1) is 6.07 Å². The minimum Gasteiger partial charge on any atom is -0.335 e. The Morgan fingerprint density at radius 2 is 2.20 bits per heavy atom. The summed E-state index contributed by atoms with van der Waals surface area (Å²) in [5.41, 5.74) is -0.366. The van der Waals surface area contributed by atoms with Gasteiger partial charge in [0, 0.05) is 24.9 Å². The van der Waals surface area contributed by atoms with E-state index in [2.05, 4.69) is 48.6 Å². The molecule has 4 nitrogen and oxygen atoms in total. The molecule has 4 heteroatoms. The van der Waals surface area contributed by atoms with E-state index in [1.165, 1.54) is 0 Å². The van der Waals surface area contributed by atoms with Crippen LogP contribution in [-0.4, -0.2) is 21.6 Å². The van der Waals surface area contributed by atoms with Gasteiger partial charge in [-0.3, -0.25) is 5.32 Å². The molecule has 20 heavy (non-hydrogen) atoms. The Balaban J connectivity index is 2.56.